The number of thioether (sulfide) groups is 1. The van der Waals surface area contributed by atoms with Crippen LogP contribution in [-0.2, 0) is 19.1 Å². The summed E-state index contributed by atoms with van der Waals surface area (Å²) in [6, 6.07) is 16.3. The lowest BCUT2D eigenvalue weighted by Gasteiger charge is -2.31. The van der Waals surface area contributed by atoms with E-state index in [9.17, 15) is 19.6 Å². The second kappa shape index (κ2) is 10.7. The maximum absolute atomic E-state index is 12.8. The maximum atomic E-state index is 12.8. The van der Waals surface area contributed by atoms with Gasteiger partial charge in [0.15, 0.2) is 0 Å². The van der Waals surface area contributed by atoms with Gasteiger partial charge in [0, 0.05) is 17.7 Å². The molecule has 1 aliphatic heterocycles. The number of carbonyl (C=O) groups excluding carboxylic acids is 3. The van der Waals surface area contributed by atoms with Crippen LogP contribution in [0.4, 0.5) is 5.69 Å². The average Bonchev–Trinajstić information content (AvgIpc) is 2.82. The molecule has 8 nitrogen and oxygen atoms in total. The third kappa shape index (κ3) is 5.54. The molecule has 170 valence electrons. The second-order valence-electron chi connectivity index (χ2n) is 7.30. The maximum Gasteiger partial charge on any atom is 0.319 e. The Morgan fingerprint density at radius 3 is 2.55 bits per heavy atom. The molecule has 2 aromatic rings. The predicted molar refractivity (Wildman–Crippen MR) is 124 cm³/mol. The summed E-state index contributed by atoms with van der Waals surface area (Å²) in [5, 5.41) is 15.5. The van der Waals surface area contributed by atoms with Crippen molar-refractivity contribution in [3.05, 3.63) is 70.3 Å². The van der Waals surface area contributed by atoms with Gasteiger partial charge in [-0.3, -0.25) is 14.4 Å². The van der Waals surface area contributed by atoms with Crippen molar-refractivity contribution in [2.75, 3.05) is 25.3 Å². The van der Waals surface area contributed by atoms with Gasteiger partial charge in [-0.15, -0.1) is 0 Å². The lowest BCUT2D eigenvalue weighted by Crippen LogP contribution is -2.44. The van der Waals surface area contributed by atoms with Crippen molar-refractivity contribution in [1.29, 1.82) is 5.26 Å². The van der Waals surface area contributed by atoms with Gasteiger partial charge < -0.3 is 20.1 Å². The van der Waals surface area contributed by atoms with Gasteiger partial charge in [0.2, 0.25) is 11.8 Å². The minimum Gasteiger partial charge on any atom is -0.497 e. The lowest BCUT2D eigenvalue weighted by molar-refractivity contribution is -0.150. The van der Waals surface area contributed by atoms with Crippen molar-refractivity contribution in [2.45, 2.75) is 12.8 Å². The molecular weight excluding hydrogens is 442 g/mol. The van der Waals surface area contributed by atoms with Gasteiger partial charge in [-0.05, 0) is 24.6 Å². The number of methoxy groups -OCH3 is 2. The Balaban J connectivity index is 1.86. The zero-order valence-corrected chi connectivity index (χ0v) is 19.2. The highest BCUT2D eigenvalue weighted by atomic mass is 32.2. The topological polar surface area (TPSA) is 118 Å². The van der Waals surface area contributed by atoms with Crippen LogP contribution in [0.15, 0.2) is 59.1 Å². The zero-order valence-electron chi connectivity index (χ0n) is 18.4. The van der Waals surface area contributed by atoms with Crippen LogP contribution in [0, 0.1) is 24.2 Å². The van der Waals surface area contributed by atoms with Crippen LogP contribution in [0.1, 0.15) is 17.0 Å². The van der Waals surface area contributed by atoms with E-state index in [-0.39, 0.29) is 22.3 Å². The monoisotopic (exact) mass is 465 g/mol. The molecule has 0 spiro atoms. The van der Waals surface area contributed by atoms with Gasteiger partial charge in [-0.1, -0.05) is 47.7 Å². The molecule has 0 fully saturated rings. The SMILES string of the molecule is COC(=O)[C@H]1C(=O)NC(SCC(=O)Nc2cccc(OC)c2)=C(C#N)[C@H]1c1ccc(C)cc1. The van der Waals surface area contributed by atoms with E-state index in [0.717, 1.165) is 17.3 Å². The number of nitriles is 1. The smallest absolute Gasteiger partial charge is 0.319 e. The number of amides is 2. The first-order valence-electron chi connectivity index (χ1n) is 10.0. The molecule has 2 N–H and O–H groups in total. The van der Waals surface area contributed by atoms with Crippen LogP contribution >= 0.6 is 11.8 Å². The lowest BCUT2D eigenvalue weighted by atomic mass is 9.78. The highest BCUT2D eigenvalue weighted by Crippen LogP contribution is 2.40. The highest BCUT2D eigenvalue weighted by molar-refractivity contribution is 8.03. The molecule has 0 radical (unpaired) electrons. The van der Waals surface area contributed by atoms with Crippen LogP contribution in [0.2, 0.25) is 0 Å². The van der Waals surface area contributed by atoms with Crippen LogP contribution in [-0.4, -0.2) is 37.8 Å². The van der Waals surface area contributed by atoms with E-state index in [0.29, 0.717) is 17.0 Å². The molecule has 1 aliphatic rings. The fourth-order valence-corrected chi connectivity index (χ4v) is 4.34. The predicted octanol–water partition coefficient (Wildman–Crippen LogP) is 3.11. The number of aryl methyl sites for hydroxylation is 1. The fourth-order valence-electron chi connectivity index (χ4n) is 3.49. The van der Waals surface area contributed by atoms with Crippen molar-refractivity contribution in [3.63, 3.8) is 0 Å². The van der Waals surface area contributed by atoms with Gasteiger partial charge >= 0.3 is 5.97 Å². The fraction of sp³-hybridized carbons (Fsp3) is 0.250. The molecule has 3 rings (SSSR count). The van der Waals surface area contributed by atoms with Gasteiger partial charge in [0.1, 0.15) is 11.7 Å². The van der Waals surface area contributed by atoms with Crippen molar-refractivity contribution in [2.24, 2.45) is 5.92 Å². The van der Waals surface area contributed by atoms with E-state index in [4.69, 9.17) is 9.47 Å². The molecule has 0 aromatic heterocycles. The number of esters is 1. The first-order valence-corrected chi connectivity index (χ1v) is 11.0. The minimum atomic E-state index is -1.21. The van der Waals surface area contributed by atoms with Crippen LogP contribution < -0.4 is 15.4 Å². The van der Waals surface area contributed by atoms with Gasteiger partial charge in [0.25, 0.3) is 0 Å². The largest absolute Gasteiger partial charge is 0.497 e. The number of carbonyl (C=O) groups is 3. The molecule has 0 bridgehead atoms. The van der Waals surface area contributed by atoms with Crippen molar-refractivity contribution in [1.82, 2.24) is 5.32 Å². The van der Waals surface area contributed by atoms with Crippen molar-refractivity contribution < 1.29 is 23.9 Å². The van der Waals surface area contributed by atoms with Gasteiger partial charge in [-0.25, -0.2) is 0 Å². The van der Waals surface area contributed by atoms with Gasteiger partial charge in [-0.2, -0.15) is 5.26 Å². The summed E-state index contributed by atoms with van der Waals surface area (Å²) in [5.74, 6) is -3.11. The number of nitrogens with zero attached hydrogens (tertiary/aromatic N) is 1. The Kier molecular flexibility index (Phi) is 7.74. The molecule has 2 amide bonds. The quantitative estimate of drug-likeness (QED) is 0.476. The van der Waals surface area contributed by atoms with Gasteiger partial charge in [0.05, 0.1) is 36.6 Å². The van der Waals surface area contributed by atoms with E-state index in [2.05, 4.69) is 16.7 Å². The first-order chi connectivity index (χ1) is 15.9. The van der Waals surface area contributed by atoms with E-state index in [1.54, 1.807) is 36.4 Å². The number of ether oxygens (including phenoxy) is 2. The zero-order chi connectivity index (χ0) is 24.0. The molecule has 9 heteroatoms. The minimum absolute atomic E-state index is 0.0541. The van der Waals surface area contributed by atoms with E-state index in [1.807, 2.05) is 19.1 Å². The Bertz CT molecular complexity index is 1140. The molecule has 1 heterocycles. The summed E-state index contributed by atoms with van der Waals surface area (Å²) >= 11 is 1.02. The molecule has 0 saturated heterocycles. The summed E-state index contributed by atoms with van der Waals surface area (Å²) in [6.07, 6.45) is 0. The van der Waals surface area contributed by atoms with Crippen molar-refractivity contribution in [3.8, 4) is 11.8 Å². The first kappa shape index (κ1) is 23.9. The van der Waals surface area contributed by atoms with Crippen molar-refractivity contribution >= 4 is 35.2 Å². The molecular formula is C24H23N3O5S. The summed E-state index contributed by atoms with van der Waals surface area (Å²) in [5.41, 5.74) is 2.40. The number of allylic oxidation sites excluding steroid dienone is 1. The number of nitrogens with one attached hydrogen (secondary N) is 2. The average molecular weight is 466 g/mol. The highest BCUT2D eigenvalue weighted by Gasteiger charge is 2.44. The van der Waals surface area contributed by atoms with E-state index in [1.165, 1.54) is 14.2 Å². The number of benzene rings is 2. The number of hydrogen-bond donors (Lipinski definition) is 2. The third-order valence-electron chi connectivity index (χ3n) is 5.12. The number of anilines is 1. The van der Waals surface area contributed by atoms with E-state index < -0.39 is 23.7 Å². The third-order valence-corrected chi connectivity index (χ3v) is 6.14. The summed E-state index contributed by atoms with van der Waals surface area (Å²) in [6.45, 7) is 1.92. The van der Waals surface area contributed by atoms with E-state index >= 15 is 0 Å². The summed E-state index contributed by atoms with van der Waals surface area (Å²) < 4.78 is 9.98. The number of rotatable bonds is 7. The normalized spacial score (nSPS) is 17.6. The molecule has 0 unspecified atom stereocenters. The van der Waals surface area contributed by atoms with Crippen LogP contribution in [0.5, 0.6) is 5.75 Å². The Morgan fingerprint density at radius 1 is 1.18 bits per heavy atom. The number of hydrogen-bond acceptors (Lipinski definition) is 7. The second-order valence-corrected chi connectivity index (χ2v) is 8.29. The Morgan fingerprint density at radius 2 is 1.91 bits per heavy atom. The Labute approximate surface area is 195 Å². The molecule has 2 aromatic carbocycles. The van der Waals surface area contributed by atoms with Crippen LogP contribution in [0.3, 0.4) is 0 Å². The van der Waals surface area contributed by atoms with Crippen LogP contribution in [0.25, 0.3) is 0 Å². The Hall–Kier alpha value is -3.77. The summed E-state index contributed by atoms with van der Waals surface area (Å²) in [4.78, 5) is 37.7. The molecule has 2 atom stereocenters. The standard InChI is InChI=1S/C24H23N3O5S/c1-14-7-9-15(10-8-14)20-18(12-25)23(27-22(29)21(20)24(30)32-3)33-13-19(28)26-16-5-4-6-17(11-16)31-2/h4-11,20-21H,13H2,1-3H3,(H,26,28)(H,27,29)/t20-,21-/m1/s1. The molecule has 33 heavy (non-hydrogen) atoms. The summed E-state index contributed by atoms with van der Waals surface area (Å²) in [7, 11) is 2.73. The molecule has 0 aliphatic carbocycles. The molecule has 0 saturated carbocycles.